The van der Waals surface area contributed by atoms with Gasteiger partial charge >= 0.3 is 0 Å². The van der Waals surface area contributed by atoms with Crippen LogP contribution >= 0.6 is 11.8 Å². The minimum Gasteiger partial charge on any atom is -0.315 e. The molecule has 1 N–H and O–H groups in total. The average Bonchev–Trinajstić information content (AvgIpc) is 2.68. The second-order valence-corrected chi connectivity index (χ2v) is 5.93. The molecule has 1 fully saturated rings. The molecule has 0 spiro atoms. The molecule has 3 heteroatoms. The summed E-state index contributed by atoms with van der Waals surface area (Å²) in [6, 6.07) is 0. The quantitative estimate of drug-likeness (QED) is 0.643. The molecule has 0 aliphatic heterocycles. The Labute approximate surface area is 99.2 Å². The molecular formula is C12H26N2S. The van der Waals surface area contributed by atoms with Crippen LogP contribution < -0.4 is 5.32 Å². The Morgan fingerprint density at radius 1 is 1.20 bits per heavy atom. The molecule has 0 heterocycles. The summed E-state index contributed by atoms with van der Waals surface area (Å²) in [5.41, 5.74) is 0. The average molecular weight is 230 g/mol. The van der Waals surface area contributed by atoms with Crippen LogP contribution in [0.15, 0.2) is 0 Å². The number of hydrogen-bond donors (Lipinski definition) is 1. The van der Waals surface area contributed by atoms with Crippen molar-refractivity contribution in [3.8, 4) is 0 Å². The van der Waals surface area contributed by atoms with E-state index in [0.29, 0.717) is 0 Å². The van der Waals surface area contributed by atoms with Gasteiger partial charge in [-0.05, 0) is 38.6 Å². The molecule has 2 nitrogen and oxygen atoms in total. The molecule has 0 saturated heterocycles. The minimum atomic E-state index is 1.04. The highest BCUT2D eigenvalue weighted by Gasteiger charge is 2.13. The van der Waals surface area contributed by atoms with Crippen LogP contribution in [0.5, 0.6) is 0 Å². The molecule has 1 aliphatic carbocycles. The van der Waals surface area contributed by atoms with E-state index in [9.17, 15) is 0 Å². The summed E-state index contributed by atoms with van der Waals surface area (Å²) in [7, 11) is 4.24. The summed E-state index contributed by atoms with van der Waals surface area (Å²) < 4.78 is 0. The lowest BCUT2D eigenvalue weighted by Crippen LogP contribution is -2.28. The summed E-state index contributed by atoms with van der Waals surface area (Å²) >= 11 is 2.13. The summed E-state index contributed by atoms with van der Waals surface area (Å²) in [5, 5.41) is 3.48. The molecule has 1 saturated carbocycles. The van der Waals surface area contributed by atoms with Crippen molar-refractivity contribution in [1.82, 2.24) is 10.2 Å². The highest BCUT2D eigenvalue weighted by molar-refractivity contribution is 7.99. The lowest BCUT2D eigenvalue weighted by Gasteiger charge is -2.11. The van der Waals surface area contributed by atoms with Crippen LogP contribution in [0.25, 0.3) is 0 Å². The molecular weight excluding hydrogens is 204 g/mol. The van der Waals surface area contributed by atoms with Crippen LogP contribution in [-0.2, 0) is 0 Å². The van der Waals surface area contributed by atoms with Gasteiger partial charge in [0.2, 0.25) is 0 Å². The third kappa shape index (κ3) is 7.20. The van der Waals surface area contributed by atoms with Crippen LogP contribution in [0.3, 0.4) is 0 Å². The molecule has 1 rings (SSSR count). The van der Waals surface area contributed by atoms with Crippen LogP contribution in [0.4, 0.5) is 0 Å². The summed E-state index contributed by atoms with van der Waals surface area (Å²) in [6.45, 7) is 3.44. The Balaban J connectivity index is 1.76. The Morgan fingerprint density at radius 2 is 1.93 bits per heavy atom. The van der Waals surface area contributed by atoms with E-state index in [2.05, 4.69) is 36.1 Å². The first-order valence-electron chi connectivity index (χ1n) is 6.22. The number of rotatable bonds is 8. The van der Waals surface area contributed by atoms with Crippen molar-refractivity contribution in [2.24, 2.45) is 5.92 Å². The zero-order valence-electron chi connectivity index (χ0n) is 10.3. The van der Waals surface area contributed by atoms with E-state index >= 15 is 0 Å². The topological polar surface area (TPSA) is 15.3 Å². The third-order valence-corrected chi connectivity index (χ3v) is 4.19. The van der Waals surface area contributed by atoms with Gasteiger partial charge in [-0.25, -0.2) is 0 Å². The van der Waals surface area contributed by atoms with Gasteiger partial charge < -0.3 is 10.2 Å². The summed E-state index contributed by atoms with van der Waals surface area (Å²) in [5.74, 6) is 3.72. The fourth-order valence-corrected chi connectivity index (χ4v) is 3.12. The molecule has 0 aromatic carbocycles. The van der Waals surface area contributed by atoms with E-state index in [1.54, 1.807) is 0 Å². The van der Waals surface area contributed by atoms with Gasteiger partial charge in [0, 0.05) is 25.4 Å². The van der Waals surface area contributed by atoms with Crippen LogP contribution in [0.2, 0.25) is 0 Å². The largest absolute Gasteiger partial charge is 0.315 e. The normalized spacial score (nSPS) is 17.8. The van der Waals surface area contributed by atoms with Crippen molar-refractivity contribution < 1.29 is 0 Å². The SMILES string of the molecule is CN(C)CCNCCSCC1CCCC1. The fourth-order valence-electron chi connectivity index (χ4n) is 2.00. The maximum atomic E-state index is 3.48. The molecule has 15 heavy (non-hydrogen) atoms. The minimum absolute atomic E-state index is 1.04. The molecule has 0 bridgehead atoms. The van der Waals surface area contributed by atoms with Crippen molar-refractivity contribution in [3.05, 3.63) is 0 Å². The Bertz CT molecular complexity index is 145. The van der Waals surface area contributed by atoms with Gasteiger partial charge in [-0.3, -0.25) is 0 Å². The number of thioether (sulfide) groups is 1. The molecule has 0 aromatic heterocycles. The molecule has 0 radical (unpaired) electrons. The van der Waals surface area contributed by atoms with Gasteiger partial charge in [0.1, 0.15) is 0 Å². The van der Waals surface area contributed by atoms with Crippen molar-refractivity contribution in [3.63, 3.8) is 0 Å². The standard InChI is InChI=1S/C12H26N2S/c1-14(2)9-7-13-8-10-15-11-12-5-3-4-6-12/h12-13H,3-11H2,1-2H3. The summed E-state index contributed by atoms with van der Waals surface area (Å²) in [4.78, 5) is 2.22. The fraction of sp³-hybridized carbons (Fsp3) is 1.00. The molecule has 0 amide bonds. The first-order valence-corrected chi connectivity index (χ1v) is 7.37. The van der Waals surface area contributed by atoms with Crippen LogP contribution in [-0.4, -0.2) is 50.1 Å². The van der Waals surface area contributed by atoms with E-state index in [-0.39, 0.29) is 0 Å². The zero-order chi connectivity index (χ0) is 10.9. The van der Waals surface area contributed by atoms with E-state index in [1.807, 2.05) is 0 Å². The van der Waals surface area contributed by atoms with Gasteiger partial charge in [0.15, 0.2) is 0 Å². The van der Waals surface area contributed by atoms with E-state index < -0.39 is 0 Å². The predicted molar refractivity (Wildman–Crippen MR) is 70.7 cm³/mol. The van der Waals surface area contributed by atoms with Gasteiger partial charge in [-0.15, -0.1) is 0 Å². The van der Waals surface area contributed by atoms with E-state index in [0.717, 1.165) is 19.0 Å². The highest BCUT2D eigenvalue weighted by Crippen LogP contribution is 2.27. The second kappa shape index (κ2) is 8.43. The van der Waals surface area contributed by atoms with Gasteiger partial charge in [-0.2, -0.15) is 11.8 Å². The van der Waals surface area contributed by atoms with Gasteiger partial charge in [0.25, 0.3) is 0 Å². The number of hydrogen-bond acceptors (Lipinski definition) is 3. The number of nitrogens with one attached hydrogen (secondary N) is 1. The van der Waals surface area contributed by atoms with E-state index in [4.69, 9.17) is 0 Å². The van der Waals surface area contributed by atoms with Crippen molar-refractivity contribution in [2.45, 2.75) is 25.7 Å². The highest BCUT2D eigenvalue weighted by atomic mass is 32.2. The second-order valence-electron chi connectivity index (χ2n) is 4.78. The lowest BCUT2D eigenvalue weighted by atomic mass is 10.1. The molecule has 0 unspecified atom stereocenters. The first-order chi connectivity index (χ1) is 7.29. The van der Waals surface area contributed by atoms with Crippen molar-refractivity contribution >= 4 is 11.8 Å². The third-order valence-electron chi connectivity index (χ3n) is 2.99. The van der Waals surface area contributed by atoms with Gasteiger partial charge in [-0.1, -0.05) is 12.8 Å². The molecule has 0 atom stereocenters. The van der Waals surface area contributed by atoms with Crippen molar-refractivity contribution in [2.75, 3.05) is 45.2 Å². The monoisotopic (exact) mass is 230 g/mol. The maximum Gasteiger partial charge on any atom is 0.0101 e. The van der Waals surface area contributed by atoms with Crippen LogP contribution in [0.1, 0.15) is 25.7 Å². The Hall–Kier alpha value is 0.270. The molecule has 0 aromatic rings. The zero-order valence-corrected chi connectivity index (χ0v) is 11.1. The van der Waals surface area contributed by atoms with Gasteiger partial charge in [0.05, 0.1) is 0 Å². The Morgan fingerprint density at radius 3 is 2.60 bits per heavy atom. The van der Waals surface area contributed by atoms with Crippen LogP contribution in [0, 0.1) is 5.92 Å². The molecule has 90 valence electrons. The number of likely N-dealkylation sites (N-methyl/N-ethyl adjacent to an activating group) is 1. The maximum absolute atomic E-state index is 3.48. The molecule has 1 aliphatic rings. The lowest BCUT2D eigenvalue weighted by molar-refractivity contribution is 0.403. The van der Waals surface area contributed by atoms with Crippen molar-refractivity contribution in [1.29, 1.82) is 0 Å². The predicted octanol–water partition coefficient (Wildman–Crippen LogP) is 2.06. The summed E-state index contributed by atoms with van der Waals surface area (Å²) in [6.07, 6.45) is 5.93. The Kier molecular flexibility index (Phi) is 7.49. The van der Waals surface area contributed by atoms with E-state index in [1.165, 1.54) is 43.7 Å². The first kappa shape index (κ1) is 13.3. The number of nitrogens with zero attached hydrogens (tertiary/aromatic N) is 1. The smallest absolute Gasteiger partial charge is 0.0101 e.